The van der Waals surface area contributed by atoms with Gasteiger partial charge in [0.2, 0.25) is 0 Å². The van der Waals surface area contributed by atoms with Crippen molar-refractivity contribution in [1.29, 1.82) is 0 Å². The topological polar surface area (TPSA) is 44.5 Å². The van der Waals surface area contributed by atoms with Crippen LogP contribution in [-0.4, -0.2) is 25.6 Å². The van der Waals surface area contributed by atoms with Crippen molar-refractivity contribution < 1.29 is 9.47 Å². The van der Waals surface area contributed by atoms with Gasteiger partial charge in [0.25, 0.3) is 0 Å². The summed E-state index contributed by atoms with van der Waals surface area (Å²) in [5.41, 5.74) is 6.98. The summed E-state index contributed by atoms with van der Waals surface area (Å²) < 4.78 is 11.3. The van der Waals surface area contributed by atoms with E-state index in [1.165, 1.54) is 4.90 Å². The van der Waals surface area contributed by atoms with E-state index in [9.17, 15) is 0 Å². The zero-order valence-electron chi connectivity index (χ0n) is 10.9. The Kier molecular flexibility index (Phi) is 5.35. The van der Waals surface area contributed by atoms with Crippen LogP contribution in [0.2, 0.25) is 0 Å². The Bertz CT molecular complexity index is 378. The van der Waals surface area contributed by atoms with E-state index >= 15 is 0 Å². The van der Waals surface area contributed by atoms with E-state index in [0.717, 1.165) is 43.3 Å². The van der Waals surface area contributed by atoms with Gasteiger partial charge < -0.3 is 15.2 Å². The van der Waals surface area contributed by atoms with Gasteiger partial charge in [-0.25, -0.2) is 0 Å². The van der Waals surface area contributed by atoms with Crippen molar-refractivity contribution in [3.05, 3.63) is 23.8 Å². The number of ether oxygens (including phenoxy) is 2. The summed E-state index contributed by atoms with van der Waals surface area (Å²) in [5.74, 6) is 2.51. The first-order valence-electron chi connectivity index (χ1n) is 6.50. The molecule has 2 N–H and O–H groups in total. The fourth-order valence-electron chi connectivity index (χ4n) is 2.10. The average molecular weight is 267 g/mol. The van der Waals surface area contributed by atoms with Gasteiger partial charge in [-0.1, -0.05) is 13.0 Å². The molecule has 4 heteroatoms. The number of benzene rings is 1. The minimum atomic E-state index is 0.526. The molecule has 2 rings (SSSR count). The van der Waals surface area contributed by atoms with E-state index in [0.29, 0.717) is 12.5 Å². The van der Waals surface area contributed by atoms with Crippen LogP contribution >= 0.6 is 11.8 Å². The summed E-state index contributed by atoms with van der Waals surface area (Å²) >= 11 is 1.81. The van der Waals surface area contributed by atoms with Crippen molar-refractivity contribution in [2.24, 2.45) is 11.7 Å². The molecule has 0 amide bonds. The number of rotatable bonds is 6. The van der Waals surface area contributed by atoms with Crippen LogP contribution in [0.25, 0.3) is 0 Å². The first-order chi connectivity index (χ1) is 8.85. The molecule has 1 unspecified atom stereocenters. The molecule has 1 fully saturated rings. The second-order valence-corrected chi connectivity index (χ2v) is 5.72. The number of hydrogen-bond acceptors (Lipinski definition) is 4. The average Bonchev–Trinajstić information content (AvgIpc) is 2.90. The molecule has 1 saturated heterocycles. The van der Waals surface area contributed by atoms with Crippen LogP contribution in [0.15, 0.2) is 23.1 Å². The van der Waals surface area contributed by atoms with Crippen molar-refractivity contribution in [3.63, 3.8) is 0 Å². The number of thioether (sulfide) groups is 1. The molecule has 100 valence electrons. The van der Waals surface area contributed by atoms with Crippen LogP contribution in [0.1, 0.15) is 18.9 Å². The van der Waals surface area contributed by atoms with Gasteiger partial charge in [-0.15, -0.1) is 11.8 Å². The Hall–Kier alpha value is -0.710. The van der Waals surface area contributed by atoms with E-state index < -0.39 is 0 Å². The minimum absolute atomic E-state index is 0.526. The molecule has 1 atom stereocenters. The Morgan fingerprint density at radius 2 is 2.39 bits per heavy atom. The van der Waals surface area contributed by atoms with Gasteiger partial charge in [-0.3, -0.25) is 0 Å². The predicted octanol–water partition coefficient (Wildman–Crippen LogP) is 2.67. The summed E-state index contributed by atoms with van der Waals surface area (Å²) in [5, 5.41) is 0. The number of hydrogen-bond donors (Lipinski definition) is 1. The van der Waals surface area contributed by atoms with Gasteiger partial charge in [0.15, 0.2) is 0 Å². The molecule has 0 aliphatic carbocycles. The monoisotopic (exact) mass is 267 g/mol. The maximum absolute atomic E-state index is 5.93. The van der Waals surface area contributed by atoms with E-state index in [1.807, 2.05) is 23.9 Å². The zero-order valence-corrected chi connectivity index (χ0v) is 11.7. The van der Waals surface area contributed by atoms with Gasteiger partial charge in [0.1, 0.15) is 5.75 Å². The SMILES string of the molecule is CCSc1cccc(OCC2CCOC2)c1CN. The van der Waals surface area contributed by atoms with Crippen LogP contribution in [0.5, 0.6) is 5.75 Å². The standard InChI is InChI=1S/C14H21NO2S/c1-2-18-14-5-3-4-13(12(14)8-15)17-10-11-6-7-16-9-11/h3-5,11H,2,6-10,15H2,1H3. The first-order valence-corrected chi connectivity index (χ1v) is 7.49. The van der Waals surface area contributed by atoms with Gasteiger partial charge in [0, 0.05) is 29.5 Å². The van der Waals surface area contributed by atoms with Crippen LogP contribution in [0, 0.1) is 5.92 Å². The lowest BCUT2D eigenvalue weighted by Gasteiger charge is -2.15. The molecule has 3 nitrogen and oxygen atoms in total. The molecule has 18 heavy (non-hydrogen) atoms. The van der Waals surface area contributed by atoms with Gasteiger partial charge >= 0.3 is 0 Å². The van der Waals surface area contributed by atoms with Gasteiger partial charge in [0.05, 0.1) is 13.2 Å². The van der Waals surface area contributed by atoms with E-state index in [-0.39, 0.29) is 0 Å². The summed E-state index contributed by atoms with van der Waals surface area (Å²) in [6.07, 6.45) is 1.10. The Balaban J connectivity index is 2.03. The third kappa shape index (κ3) is 3.40. The first kappa shape index (κ1) is 13.7. The molecular formula is C14H21NO2S. The molecule has 1 aliphatic heterocycles. The highest BCUT2D eigenvalue weighted by Gasteiger charge is 2.17. The molecule has 0 bridgehead atoms. The molecular weight excluding hydrogens is 246 g/mol. The highest BCUT2D eigenvalue weighted by molar-refractivity contribution is 7.99. The second-order valence-electron chi connectivity index (χ2n) is 4.41. The molecule has 1 aromatic rings. The third-order valence-electron chi connectivity index (χ3n) is 3.09. The normalized spacial score (nSPS) is 19.1. The van der Waals surface area contributed by atoms with Gasteiger partial charge in [-0.05, 0) is 24.3 Å². The summed E-state index contributed by atoms with van der Waals surface area (Å²) in [7, 11) is 0. The molecule has 0 spiro atoms. The maximum atomic E-state index is 5.93. The van der Waals surface area contributed by atoms with Crippen molar-refractivity contribution in [3.8, 4) is 5.75 Å². The fraction of sp³-hybridized carbons (Fsp3) is 0.571. The largest absolute Gasteiger partial charge is 0.493 e. The lowest BCUT2D eigenvalue weighted by molar-refractivity contribution is 0.166. The summed E-state index contributed by atoms with van der Waals surface area (Å²) in [6.45, 7) is 5.09. The highest BCUT2D eigenvalue weighted by Crippen LogP contribution is 2.30. The van der Waals surface area contributed by atoms with Gasteiger partial charge in [-0.2, -0.15) is 0 Å². The lowest BCUT2D eigenvalue weighted by Crippen LogP contribution is -2.13. The summed E-state index contributed by atoms with van der Waals surface area (Å²) in [4.78, 5) is 1.24. The van der Waals surface area contributed by atoms with Crippen LogP contribution in [-0.2, 0) is 11.3 Å². The van der Waals surface area contributed by atoms with E-state index in [4.69, 9.17) is 15.2 Å². The molecule has 1 heterocycles. The van der Waals surface area contributed by atoms with Crippen molar-refractivity contribution in [2.75, 3.05) is 25.6 Å². The Morgan fingerprint density at radius 1 is 1.50 bits per heavy atom. The van der Waals surface area contributed by atoms with Crippen molar-refractivity contribution >= 4 is 11.8 Å². The molecule has 1 aromatic carbocycles. The van der Waals surface area contributed by atoms with E-state index in [2.05, 4.69) is 13.0 Å². The second kappa shape index (κ2) is 7.02. The smallest absolute Gasteiger partial charge is 0.124 e. The minimum Gasteiger partial charge on any atom is -0.493 e. The lowest BCUT2D eigenvalue weighted by atomic mass is 10.1. The number of nitrogens with two attached hydrogens (primary N) is 1. The summed E-state index contributed by atoms with van der Waals surface area (Å²) in [6, 6.07) is 6.16. The zero-order chi connectivity index (χ0) is 12.8. The Morgan fingerprint density at radius 3 is 3.06 bits per heavy atom. The van der Waals surface area contributed by atoms with Crippen LogP contribution in [0.4, 0.5) is 0 Å². The fourth-order valence-corrected chi connectivity index (χ4v) is 2.94. The van der Waals surface area contributed by atoms with Crippen LogP contribution in [0.3, 0.4) is 0 Å². The van der Waals surface area contributed by atoms with Crippen molar-refractivity contribution in [1.82, 2.24) is 0 Å². The molecule has 0 saturated carbocycles. The van der Waals surface area contributed by atoms with Crippen molar-refractivity contribution in [2.45, 2.75) is 24.8 Å². The quantitative estimate of drug-likeness (QED) is 0.805. The molecule has 1 aliphatic rings. The molecule has 0 radical (unpaired) electrons. The predicted molar refractivity (Wildman–Crippen MR) is 75.2 cm³/mol. The van der Waals surface area contributed by atoms with E-state index in [1.54, 1.807) is 0 Å². The third-order valence-corrected chi connectivity index (χ3v) is 4.07. The molecule has 0 aromatic heterocycles. The maximum Gasteiger partial charge on any atom is 0.124 e. The highest BCUT2D eigenvalue weighted by atomic mass is 32.2. The van der Waals surface area contributed by atoms with Crippen LogP contribution < -0.4 is 10.5 Å². The Labute approximate surface area is 113 Å².